The molecule has 0 fully saturated rings. The Hall–Kier alpha value is -3.08. The Morgan fingerprint density at radius 1 is 1.17 bits per heavy atom. The molecule has 0 bridgehead atoms. The van der Waals surface area contributed by atoms with Crippen molar-refractivity contribution in [3.8, 4) is 5.75 Å². The van der Waals surface area contributed by atoms with Crippen molar-refractivity contribution in [2.45, 2.75) is 12.5 Å². The summed E-state index contributed by atoms with van der Waals surface area (Å²) in [7, 11) is 0. The molecule has 0 saturated heterocycles. The highest BCUT2D eigenvalue weighted by Gasteiger charge is 2.21. The number of fused-ring (bicyclic) bond motifs is 1. The van der Waals surface area contributed by atoms with Crippen LogP contribution in [0.1, 0.15) is 21.5 Å². The number of carbonyl (C=O) groups is 1. The van der Waals surface area contributed by atoms with E-state index in [1.807, 2.05) is 24.3 Å². The molecule has 1 atom stereocenters. The summed E-state index contributed by atoms with van der Waals surface area (Å²) >= 11 is 0. The maximum absolute atomic E-state index is 12.4. The monoisotopic (exact) mass is 321 g/mol. The van der Waals surface area contributed by atoms with Crippen LogP contribution in [0.15, 0.2) is 54.7 Å². The van der Waals surface area contributed by atoms with Gasteiger partial charge in [-0.1, -0.05) is 30.3 Å². The van der Waals surface area contributed by atoms with Crippen molar-refractivity contribution in [1.29, 1.82) is 5.41 Å². The summed E-state index contributed by atoms with van der Waals surface area (Å²) in [5.41, 5.74) is 8.56. The zero-order valence-corrected chi connectivity index (χ0v) is 13.2. The molecule has 3 rings (SSSR count). The first-order chi connectivity index (χ1) is 11.7. The second kappa shape index (κ2) is 7.00. The summed E-state index contributed by atoms with van der Waals surface area (Å²) in [5, 5.41) is 10.3. The van der Waals surface area contributed by atoms with Gasteiger partial charge in [0, 0.05) is 23.6 Å². The zero-order valence-electron chi connectivity index (χ0n) is 13.2. The molecule has 0 radical (unpaired) electrons. The molecule has 122 valence electrons. The number of benzene rings is 2. The second-order valence-electron chi connectivity index (χ2n) is 5.64. The highest BCUT2D eigenvalue weighted by atomic mass is 16.5. The average molecular weight is 321 g/mol. The smallest absolute Gasteiger partial charge is 0.251 e. The van der Waals surface area contributed by atoms with Crippen molar-refractivity contribution in [1.82, 2.24) is 5.32 Å². The van der Waals surface area contributed by atoms with Gasteiger partial charge in [-0.2, -0.15) is 0 Å². The number of nitrogens with two attached hydrogens (primary N) is 1. The highest BCUT2D eigenvalue weighted by Crippen LogP contribution is 2.24. The number of ether oxygens (including phenoxy) is 1. The van der Waals surface area contributed by atoms with E-state index in [2.05, 4.69) is 5.32 Å². The molecule has 1 heterocycles. The van der Waals surface area contributed by atoms with Crippen LogP contribution in [0.2, 0.25) is 0 Å². The summed E-state index contributed by atoms with van der Waals surface area (Å²) in [5.74, 6) is 0.753. The number of rotatable bonds is 4. The van der Waals surface area contributed by atoms with Crippen molar-refractivity contribution in [2.24, 2.45) is 5.73 Å². The fraction of sp³-hybridized carbons (Fsp3) is 0.158. The molecule has 0 aromatic heterocycles. The SMILES string of the molecule is N=C/C(=C\N)c1ccc(C(=O)NC2COc3ccccc3C2)cc1. The number of nitrogens with one attached hydrogen (secondary N) is 2. The molecule has 0 spiro atoms. The molecule has 1 amide bonds. The van der Waals surface area contributed by atoms with Gasteiger partial charge < -0.3 is 21.2 Å². The molecule has 24 heavy (non-hydrogen) atoms. The summed E-state index contributed by atoms with van der Waals surface area (Å²) in [6.45, 7) is 0.467. The van der Waals surface area contributed by atoms with E-state index in [1.54, 1.807) is 24.3 Å². The van der Waals surface area contributed by atoms with E-state index in [4.69, 9.17) is 15.9 Å². The maximum atomic E-state index is 12.4. The molecule has 0 aliphatic carbocycles. The van der Waals surface area contributed by atoms with Crippen molar-refractivity contribution < 1.29 is 9.53 Å². The Morgan fingerprint density at radius 2 is 1.88 bits per heavy atom. The predicted molar refractivity (Wildman–Crippen MR) is 94.3 cm³/mol. The van der Waals surface area contributed by atoms with Crippen molar-refractivity contribution in [2.75, 3.05) is 6.61 Å². The fourth-order valence-electron chi connectivity index (χ4n) is 2.73. The van der Waals surface area contributed by atoms with Gasteiger partial charge in [0.15, 0.2) is 0 Å². The molecule has 1 unspecified atom stereocenters. The van der Waals surface area contributed by atoms with Crippen LogP contribution in [-0.2, 0) is 6.42 Å². The van der Waals surface area contributed by atoms with Gasteiger partial charge in [0.25, 0.3) is 5.91 Å². The number of allylic oxidation sites excluding steroid dienone is 1. The Morgan fingerprint density at radius 3 is 2.58 bits per heavy atom. The maximum Gasteiger partial charge on any atom is 0.251 e. The van der Waals surface area contributed by atoms with Crippen LogP contribution >= 0.6 is 0 Å². The predicted octanol–water partition coefficient (Wildman–Crippen LogP) is 2.37. The summed E-state index contributed by atoms with van der Waals surface area (Å²) in [6, 6.07) is 14.8. The topological polar surface area (TPSA) is 88.2 Å². The number of hydrogen-bond acceptors (Lipinski definition) is 4. The van der Waals surface area contributed by atoms with Crippen LogP contribution < -0.4 is 15.8 Å². The summed E-state index contributed by atoms with van der Waals surface area (Å²) < 4.78 is 5.69. The Kier molecular flexibility index (Phi) is 4.61. The number of amides is 1. The Labute approximate surface area is 140 Å². The van der Waals surface area contributed by atoms with Crippen LogP contribution in [0.5, 0.6) is 5.75 Å². The van der Waals surface area contributed by atoms with Gasteiger partial charge in [-0.25, -0.2) is 0 Å². The van der Waals surface area contributed by atoms with Crippen LogP contribution in [0, 0.1) is 5.41 Å². The lowest BCUT2D eigenvalue weighted by Gasteiger charge is -2.26. The van der Waals surface area contributed by atoms with Crippen molar-refractivity contribution in [3.63, 3.8) is 0 Å². The van der Waals surface area contributed by atoms with Gasteiger partial charge in [-0.05, 0) is 35.7 Å². The fourth-order valence-corrected chi connectivity index (χ4v) is 2.73. The van der Waals surface area contributed by atoms with E-state index >= 15 is 0 Å². The first-order valence-electron chi connectivity index (χ1n) is 7.75. The third kappa shape index (κ3) is 3.30. The molecular formula is C19H19N3O2. The van der Waals surface area contributed by atoms with E-state index in [0.29, 0.717) is 17.7 Å². The number of carbonyl (C=O) groups excluding carboxylic acids is 1. The van der Waals surface area contributed by atoms with Crippen molar-refractivity contribution >= 4 is 17.7 Å². The molecule has 1 aliphatic heterocycles. The molecule has 4 N–H and O–H groups in total. The summed E-state index contributed by atoms with van der Waals surface area (Å²) in [4.78, 5) is 12.4. The normalized spacial score (nSPS) is 16.7. The van der Waals surface area contributed by atoms with E-state index in [-0.39, 0.29) is 11.9 Å². The minimum absolute atomic E-state index is 0.0480. The number of hydrogen-bond donors (Lipinski definition) is 3. The second-order valence-corrected chi connectivity index (χ2v) is 5.64. The van der Waals surface area contributed by atoms with Gasteiger partial charge in [0.05, 0.1) is 6.04 Å². The highest BCUT2D eigenvalue weighted by molar-refractivity contribution is 6.08. The van der Waals surface area contributed by atoms with Gasteiger partial charge >= 0.3 is 0 Å². The average Bonchev–Trinajstić information content (AvgIpc) is 2.63. The van der Waals surface area contributed by atoms with E-state index in [9.17, 15) is 4.79 Å². The lowest BCUT2D eigenvalue weighted by molar-refractivity contribution is 0.0915. The van der Waals surface area contributed by atoms with E-state index in [0.717, 1.165) is 23.3 Å². The van der Waals surface area contributed by atoms with Gasteiger partial charge in [-0.15, -0.1) is 0 Å². The van der Waals surface area contributed by atoms with Crippen molar-refractivity contribution in [3.05, 3.63) is 71.4 Å². The minimum atomic E-state index is -0.136. The largest absolute Gasteiger partial charge is 0.491 e. The summed E-state index contributed by atoms with van der Waals surface area (Å²) in [6.07, 6.45) is 3.32. The molecule has 5 nitrogen and oxygen atoms in total. The molecular weight excluding hydrogens is 302 g/mol. The molecule has 2 aromatic carbocycles. The molecule has 0 saturated carbocycles. The molecule has 5 heteroatoms. The first-order valence-corrected chi connectivity index (χ1v) is 7.75. The van der Waals surface area contributed by atoms with E-state index < -0.39 is 0 Å². The Bertz CT molecular complexity index is 781. The van der Waals surface area contributed by atoms with Crippen LogP contribution in [0.3, 0.4) is 0 Å². The van der Waals surface area contributed by atoms with Crippen LogP contribution in [-0.4, -0.2) is 24.8 Å². The lowest BCUT2D eigenvalue weighted by Crippen LogP contribution is -2.42. The van der Waals surface area contributed by atoms with Crippen LogP contribution in [0.4, 0.5) is 0 Å². The standard InChI is InChI=1S/C19H19N3O2/c20-10-16(11-21)13-5-7-14(8-6-13)19(23)22-17-9-15-3-1-2-4-18(15)24-12-17/h1-8,10-11,17,20H,9,12,21H2,(H,22,23)/b16-11+,20-10?. The van der Waals surface area contributed by atoms with Gasteiger partial charge in [-0.3, -0.25) is 4.79 Å². The third-order valence-corrected chi connectivity index (χ3v) is 4.03. The first kappa shape index (κ1) is 15.8. The van der Waals surface area contributed by atoms with Gasteiger partial charge in [0.1, 0.15) is 12.4 Å². The van der Waals surface area contributed by atoms with E-state index in [1.165, 1.54) is 12.4 Å². The quantitative estimate of drug-likeness (QED) is 0.755. The number of para-hydroxylation sites is 1. The van der Waals surface area contributed by atoms with Gasteiger partial charge in [0.2, 0.25) is 0 Å². The van der Waals surface area contributed by atoms with Crippen LogP contribution in [0.25, 0.3) is 5.57 Å². The molecule has 2 aromatic rings. The lowest BCUT2D eigenvalue weighted by atomic mass is 10.0. The Balaban J connectivity index is 1.66. The molecule has 1 aliphatic rings. The zero-order chi connectivity index (χ0) is 16.9. The minimum Gasteiger partial charge on any atom is -0.491 e. The third-order valence-electron chi connectivity index (χ3n) is 4.03.